The Hall–Kier alpha value is -0.880. The first-order valence-electron chi connectivity index (χ1n) is 3.77. The van der Waals surface area contributed by atoms with Crippen LogP contribution in [0.3, 0.4) is 0 Å². The second-order valence-corrected chi connectivity index (χ2v) is 3.43. The maximum absolute atomic E-state index is 4.08. The zero-order valence-electron chi connectivity index (χ0n) is 7.80. The maximum Gasteiger partial charge on any atom is 0.160 e. The molecule has 0 unspecified atom stereocenters. The van der Waals surface area contributed by atoms with Crippen LogP contribution in [0.25, 0.3) is 0 Å². The summed E-state index contributed by atoms with van der Waals surface area (Å²) in [7, 11) is 5.60. The van der Waals surface area contributed by atoms with E-state index in [1.165, 1.54) is 6.33 Å². The molecule has 1 heterocycles. The molecule has 0 saturated carbocycles. The molecule has 0 saturated heterocycles. The minimum atomic E-state index is 0.740. The molecule has 6 heteroatoms. The lowest BCUT2D eigenvalue weighted by atomic mass is 10.5. The number of hydrazine groups is 1. The van der Waals surface area contributed by atoms with Gasteiger partial charge in [0.2, 0.25) is 0 Å². The molecule has 0 atom stereocenters. The molecule has 13 heavy (non-hydrogen) atoms. The number of nitrogens with one attached hydrogen (secondary N) is 2. The Balaban J connectivity index is 2.94. The van der Waals surface area contributed by atoms with E-state index < -0.39 is 0 Å². The molecule has 0 amide bonds. The molecular weight excluding hydrogens is 234 g/mol. The van der Waals surface area contributed by atoms with Gasteiger partial charge in [-0.1, -0.05) is 0 Å². The number of halogens is 1. The van der Waals surface area contributed by atoms with Gasteiger partial charge in [-0.15, -0.1) is 0 Å². The summed E-state index contributed by atoms with van der Waals surface area (Å²) in [6, 6.07) is 0. The summed E-state index contributed by atoms with van der Waals surface area (Å²) in [6.07, 6.45) is 1.50. The van der Waals surface area contributed by atoms with Crippen molar-refractivity contribution in [2.75, 3.05) is 31.9 Å². The van der Waals surface area contributed by atoms with Crippen LogP contribution in [0.1, 0.15) is 0 Å². The minimum absolute atomic E-state index is 0.740. The standard InChI is InChI=1S/C7H12BrN5/c1-9-6-5(8)7(11-4-10-6)12-13(2)3/h4H,1-3H3,(H2,9,10,11,12). The third-order valence-corrected chi connectivity index (χ3v) is 2.11. The van der Waals surface area contributed by atoms with Gasteiger partial charge in [-0.2, -0.15) is 0 Å². The fraction of sp³-hybridized carbons (Fsp3) is 0.429. The van der Waals surface area contributed by atoms with Crippen molar-refractivity contribution < 1.29 is 0 Å². The molecule has 5 nitrogen and oxygen atoms in total. The van der Waals surface area contributed by atoms with Crippen molar-refractivity contribution in [2.24, 2.45) is 0 Å². The summed E-state index contributed by atoms with van der Waals surface area (Å²) >= 11 is 3.39. The predicted octanol–water partition coefficient (Wildman–Crippen LogP) is 1.17. The van der Waals surface area contributed by atoms with Crippen LogP contribution < -0.4 is 10.7 Å². The summed E-state index contributed by atoms with van der Waals surface area (Å²) in [5.41, 5.74) is 3.04. The predicted molar refractivity (Wildman–Crippen MR) is 56.6 cm³/mol. The van der Waals surface area contributed by atoms with Gasteiger partial charge in [0.05, 0.1) is 0 Å². The Kier molecular flexibility index (Phi) is 3.44. The summed E-state index contributed by atoms with van der Waals surface area (Å²) in [4.78, 5) is 8.11. The second-order valence-electron chi connectivity index (χ2n) is 2.64. The second kappa shape index (κ2) is 4.38. The normalized spacial score (nSPS) is 10.2. The summed E-state index contributed by atoms with van der Waals surface area (Å²) < 4.78 is 0.825. The highest BCUT2D eigenvalue weighted by atomic mass is 79.9. The van der Waals surface area contributed by atoms with Gasteiger partial charge < -0.3 is 10.7 Å². The Bertz CT molecular complexity index is 288. The lowest BCUT2D eigenvalue weighted by molar-refractivity contribution is 0.491. The molecule has 2 N–H and O–H groups in total. The summed E-state index contributed by atoms with van der Waals surface area (Å²) in [5, 5.41) is 4.76. The molecule has 1 aromatic rings. The molecule has 0 aliphatic rings. The quantitative estimate of drug-likeness (QED) is 0.784. The van der Waals surface area contributed by atoms with Crippen molar-refractivity contribution in [3.63, 3.8) is 0 Å². The maximum atomic E-state index is 4.08. The van der Waals surface area contributed by atoms with E-state index >= 15 is 0 Å². The zero-order valence-corrected chi connectivity index (χ0v) is 9.38. The van der Waals surface area contributed by atoms with Crippen LogP contribution in [0.15, 0.2) is 10.8 Å². The van der Waals surface area contributed by atoms with Gasteiger partial charge in [0, 0.05) is 21.1 Å². The number of aromatic nitrogens is 2. The lowest BCUT2D eigenvalue weighted by Crippen LogP contribution is -2.21. The number of anilines is 2. The molecule has 0 spiro atoms. The summed E-state index contributed by atoms with van der Waals surface area (Å²) in [6.45, 7) is 0. The van der Waals surface area contributed by atoms with Crippen molar-refractivity contribution in [3.05, 3.63) is 10.8 Å². The smallest absolute Gasteiger partial charge is 0.160 e. The van der Waals surface area contributed by atoms with Crippen molar-refractivity contribution in [1.29, 1.82) is 0 Å². The van der Waals surface area contributed by atoms with Crippen LogP contribution >= 0.6 is 15.9 Å². The lowest BCUT2D eigenvalue weighted by Gasteiger charge is -2.14. The van der Waals surface area contributed by atoms with Crippen LogP contribution in [0.5, 0.6) is 0 Å². The van der Waals surface area contributed by atoms with Crippen LogP contribution in [0.2, 0.25) is 0 Å². The minimum Gasteiger partial charge on any atom is -0.372 e. The number of hydrogen-bond acceptors (Lipinski definition) is 5. The molecule has 0 aliphatic carbocycles. The highest BCUT2D eigenvalue weighted by molar-refractivity contribution is 9.10. The van der Waals surface area contributed by atoms with Crippen molar-refractivity contribution >= 4 is 27.6 Å². The third-order valence-electron chi connectivity index (χ3n) is 1.36. The topological polar surface area (TPSA) is 53.1 Å². The molecule has 0 radical (unpaired) electrons. The van der Waals surface area contributed by atoms with Gasteiger partial charge in [-0.25, -0.2) is 15.0 Å². The molecule has 0 fully saturated rings. The van der Waals surface area contributed by atoms with Gasteiger partial charge in [0.1, 0.15) is 16.6 Å². The van der Waals surface area contributed by atoms with E-state index in [4.69, 9.17) is 0 Å². The Morgan fingerprint density at radius 1 is 1.31 bits per heavy atom. The van der Waals surface area contributed by atoms with E-state index in [1.807, 2.05) is 26.2 Å². The molecule has 0 aromatic carbocycles. The van der Waals surface area contributed by atoms with E-state index in [2.05, 4.69) is 36.6 Å². The van der Waals surface area contributed by atoms with Crippen molar-refractivity contribution in [3.8, 4) is 0 Å². The molecule has 1 aromatic heterocycles. The number of rotatable bonds is 3. The third kappa shape index (κ3) is 2.53. The Morgan fingerprint density at radius 3 is 2.46 bits per heavy atom. The highest BCUT2D eigenvalue weighted by Gasteiger charge is 2.06. The SMILES string of the molecule is CNc1ncnc(NN(C)C)c1Br. The molecule has 72 valence electrons. The fourth-order valence-electron chi connectivity index (χ4n) is 0.834. The van der Waals surface area contributed by atoms with Gasteiger partial charge in [-0.3, -0.25) is 0 Å². The summed E-state index contributed by atoms with van der Waals surface area (Å²) in [5.74, 6) is 1.50. The number of hydrogen-bond donors (Lipinski definition) is 2. The monoisotopic (exact) mass is 245 g/mol. The van der Waals surface area contributed by atoms with Gasteiger partial charge in [0.15, 0.2) is 5.82 Å². The first-order chi connectivity index (χ1) is 6.15. The van der Waals surface area contributed by atoms with E-state index in [0.717, 1.165) is 16.1 Å². The highest BCUT2D eigenvalue weighted by Crippen LogP contribution is 2.25. The van der Waals surface area contributed by atoms with Crippen molar-refractivity contribution in [1.82, 2.24) is 15.0 Å². The van der Waals surface area contributed by atoms with Gasteiger partial charge in [0.25, 0.3) is 0 Å². The van der Waals surface area contributed by atoms with E-state index in [1.54, 1.807) is 0 Å². The van der Waals surface area contributed by atoms with Gasteiger partial charge in [-0.05, 0) is 15.9 Å². The first kappa shape index (κ1) is 10.2. The largest absolute Gasteiger partial charge is 0.372 e. The van der Waals surface area contributed by atoms with E-state index in [0.29, 0.717) is 0 Å². The van der Waals surface area contributed by atoms with Crippen LogP contribution in [0, 0.1) is 0 Å². The molecule has 0 bridgehead atoms. The number of nitrogens with zero attached hydrogens (tertiary/aromatic N) is 3. The molecule has 1 rings (SSSR count). The van der Waals surface area contributed by atoms with E-state index in [9.17, 15) is 0 Å². The van der Waals surface area contributed by atoms with E-state index in [-0.39, 0.29) is 0 Å². The zero-order chi connectivity index (χ0) is 9.84. The van der Waals surface area contributed by atoms with Crippen LogP contribution in [-0.2, 0) is 0 Å². The fourth-order valence-corrected chi connectivity index (χ4v) is 1.33. The average molecular weight is 246 g/mol. The average Bonchev–Trinajstić information content (AvgIpc) is 2.08. The first-order valence-corrected chi connectivity index (χ1v) is 4.56. The van der Waals surface area contributed by atoms with Crippen LogP contribution in [0.4, 0.5) is 11.6 Å². The molecular formula is C7H12BrN5. The van der Waals surface area contributed by atoms with Crippen LogP contribution in [-0.4, -0.2) is 36.1 Å². The Labute approximate surface area is 85.7 Å². The van der Waals surface area contributed by atoms with Crippen molar-refractivity contribution in [2.45, 2.75) is 0 Å². The Morgan fingerprint density at radius 2 is 1.92 bits per heavy atom. The van der Waals surface area contributed by atoms with Gasteiger partial charge >= 0.3 is 0 Å². The molecule has 0 aliphatic heterocycles.